The molecule has 0 spiro atoms. The third-order valence-electron chi connectivity index (χ3n) is 1.91. The number of nitrogens with one attached hydrogen (secondary N) is 2. The lowest BCUT2D eigenvalue weighted by atomic mass is 10.2. The molecular formula is C9H18N2O4S. The number of amides is 2. The summed E-state index contributed by atoms with van der Waals surface area (Å²) in [4.78, 5) is 21.8. The van der Waals surface area contributed by atoms with Gasteiger partial charge in [-0.3, -0.25) is 4.21 Å². The van der Waals surface area contributed by atoms with Gasteiger partial charge in [0.25, 0.3) is 0 Å². The van der Waals surface area contributed by atoms with Gasteiger partial charge in [0.15, 0.2) is 0 Å². The highest BCUT2D eigenvalue weighted by Crippen LogP contribution is 1.90. The molecule has 0 saturated heterocycles. The molecule has 0 fully saturated rings. The number of urea groups is 1. The Morgan fingerprint density at radius 2 is 2.06 bits per heavy atom. The van der Waals surface area contributed by atoms with Crippen LogP contribution in [0.15, 0.2) is 0 Å². The van der Waals surface area contributed by atoms with Crippen molar-refractivity contribution in [2.45, 2.75) is 25.8 Å². The summed E-state index contributed by atoms with van der Waals surface area (Å²) in [5.41, 5.74) is 0. The summed E-state index contributed by atoms with van der Waals surface area (Å²) < 4.78 is 10.7. The molecule has 0 rings (SSSR count). The molecule has 0 bridgehead atoms. The second kappa shape index (κ2) is 8.09. The number of carboxylic acids is 1. The smallest absolute Gasteiger partial charge is 0.326 e. The zero-order valence-corrected chi connectivity index (χ0v) is 10.3. The van der Waals surface area contributed by atoms with E-state index in [1.165, 1.54) is 0 Å². The van der Waals surface area contributed by atoms with Crippen molar-refractivity contribution in [2.75, 3.05) is 18.6 Å². The monoisotopic (exact) mass is 250 g/mol. The number of hydrogen-bond donors (Lipinski definition) is 3. The number of carbonyl (C=O) groups is 2. The average Bonchev–Trinajstić information content (AvgIpc) is 2.20. The van der Waals surface area contributed by atoms with Crippen molar-refractivity contribution in [3.8, 4) is 0 Å². The van der Waals surface area contributed by atoms with Crippen LogP contribution in [0.25, 0.3) is 0 Å². The normalized spacial score (nSPS) is 13.9. The Labute approximate surface area is 97.3 Å². The molecule has 0 aliphatic heterocycles. The van der Waals surface area contributed by atoms with Crippen molar-refractivity contribution < 1.29 is 18.9 Å². The Morgan fingerprint density at radius 1 is 1.44 bits per heavy atom. The van der Waals surface area contributed by atoms with Crippen molar-refractivity contribution in [1.82, 2.24) is 10.6 Å². The Hall–Kier alpha value is -1.11. The molecule has 1 unspecified atom stereocenters. The molecule has 6 nitrogen and oxygen atoms in total. The number of carboxylic acid groups (broad SMARTS) is 1. The number of aliphatic carboxylic acids is 1. The predicted molar refractivity (Wildman–Crippen MR) is 61.8 cm³/mol. The van der Waals surface area contributed by atoms with Gasteiger partial charge in [-0.25, -0.2) is 9.59 Å². The molecule has 0 aromatic heterocycles. The van der Waals surface area contributed by atoms with Gasteiger partial charge < -0.3 is 15.7 Å². The fourth-order valence-corrected chi connectivity index (χ4v) is 1.58. The van der Waals surface area contributed by atoms with Crippen LogP contribution in [0.2, 0.25) is 0 Å². The van der Waals surface area contributed by atoms with Crippen LogP contribution in [0.3, 0.4) is 0 Å². The Kier molecular flexibility index (Phi) is 7.53. The fraction of sp³-hybridized carbons (Fsp3) is 0.778. The molecule has 0 aromatic rings. The lowest BCUT2D eigenvalue weighted by Crippen LogP contribution is -2.46. The number of carbonyl (C=O) groups excluding carboxylic acids is 1. The molecular weight excluding hydrogens is 232 g/mol. The van der Waals surface area contributed by atoms with E-state index in [4.69, 9.17) is 5.11 Å². The second-order valence-corrected chi connectivity index (χ2v) is 4.88. The first-order chi connectivity index (χ1) is 7.47. The molecule has 0 saturated carbocycles. The molecule has 0 aliphatic rings. The van der Waals surface area contributed by atoms with E-state index in [1.54, 1.807) is 13.2 Å². The van der Waals surface area contributed by atoms with E-state index in [1.807, 2.05) is 0 Å². The van der Waals surface area contributed by atoms with E-state index >= 15 is 0 Å². The maximum Gasteiger partial charge on any atom is 0.326 e. The van der Waals surface area contributed by atoms with Crippen molar-refractivity contribution in [1.29, 1.82) is 0 Å². The van der Waals surface area contributed by atoms with Crippen LogP contribution in [0.4, 0.5) is 4.79 Å². The molecule has 0 aliphatic carbocycles. The van der Waals surface area contributed by atoms with Crippen LogP contribution in [0.5, 0.6) is 0 Å². The number of hydrogen-bond acceptors (Lipinski definition) is 3. The van der Waals surface area contributed by atoms with Gasteiger partial charge in [-0.2, -0.15) is 0 Å². The SMILES string of the molecule is CC[C@@H](NC(=O)NCCCS(C)=O)C(=O)O. The van der Waals surface area contributed by atoms with Gasteiger partial charge >= 0.3 is 12.0 Å². The fourth-order valence-electron chi connectivity index (χ4n) is 1.03. The minimum atomic E-state index is -1.05. The van der Waals surface area contributed by atoms with Gasteiger partial charge in [-0.15, -0.1) is 0 Å². The molecule has 2 atom stereocenters. The van der Waals surface area contributed by atoms with Gasteiger partial charge in [0, 0.05) is 29.4 Å². The Morgan fingerprint density at radius 3 is 2.50 bits per heavy atom. The van der Waals surface area contributed by atoms with Crippen molar-refractivity contribution in [3.05, 3.63) is 0 Å². The molecule has 0 radical (unpaired) electrons. The maximum absolute atomic E-state index is 11.2. The van der Waals surface area contributed by atoms with Gasteiger partial charge in [0.2, 0.25) is 0 Å². The van der Waals surface area contributed by atoms with Crippen molar-refractivity contribution >= 4 is 22.8 Å². The topological polar surface area (TPSA) is 95.5 Å². The lowest BCUT2D eigenvalue weighted by Gasteiger charge is -2.12. The molecule has 2 amide bonds. The van der Waals surface area contributed by atoms with Crippen LogP contribution >= 0.6 is 0 Å². The van der Waals surface area contributed by atoms with Gasteiger partial charge in [0.05, 0.1) is 0 Å². The highest BCUT2D eigenvalue weighted by Gasteiger charge is 2.16. The van der Waals surface area contributed by atoms with E-state index in [0.717, 1.165) is 0 Å². The highest BCUT2D eigenvalue weighted by atomic mass is 32.2. The minimum absolute atomic E-state index is 0.335. The zero-order chi connectivity index (χ0) is 12.6. The molecule has 16 heavy (non-hydrogen) atoms. The summed E-state index contributed by atoms with van der Waals surface area (Å²) in [6.07, 6.45) is 2.54. The molecule has 3 N–H and O–H groups in total. The summed E-state index contributed by atoms with van der Waals surface area (Å²) in [7, 11) is -0.866. The van der Waals surface area contributed by atoms with E-state index in [-0.39, 0.29) is 0 Å². The second-order valence-electron chi connectivity index (χ2n) is 3.33. The number of rotatable bonds is 7. The quantitative estimate of drug-likeness (QED) is 0.551. The summed E-state index contributed by atoms with van der Waals surface area (Å²) in [5.74, 6) is -0.525. The van der Waals surface area contributed by atoms with Crippen LogP contribution < -0.4 is 10.6 Å². The summed E-state index contributed by atoms with van der Waals surface area (Å²) in [6, 6.07) is -1.36. The highest BCUT2D eigenvalue weighted by molar-refractivity contribution is 7.84. The van der Waals surface area contributed by atoms with Crippen LogP contribution in [0.1, 0.15) is 19.8 Å². The van der Waals surface area contributed by atoms with Crippen LogP contribution in [0, 0.1) is 0 Å². The first-order valence-corrected chi connectivity index (χ1v) is 6.77. The zero-order valence-electron chi connectivity index (χ0n) is 9.49. The molecule has 0 heterocycles. The van der Waals surface area contributed by atoms with Gasteiger partial charge in [0.1, 0.15) is 6.04 Å². The lowest BCUT2D eigenvalue weighted by molar-refractivity contribution is -0.139. The van der Waals surface area contributed by atoms with E-state index in [2.05, 4.69) is 10.6 Å². The minimum Gasteiger partial charge on any atom is -0.480 e. The predicted octanol–water partition coefficient (Wildman–Crippen LogP) is -0.0826. The van der Waals surface area contributed by atoms with Gasteiger partial charge in [-0.05, 0) is 12.8 Å². The standard InChI is InChI=1S/C9H18N2O4S/c1-3-7(8(12)13)11-9(14)10-5-4-6-16(2)15/h7H,3-6H2,1-2H3,(H,12,13)(H2,10,11,14)/t7-,16?/m1/s1. The largest absolute Gasteiger partial charge is 0.480 e. The van der Waals surface area contributed by atoms with E-state index in [0.29, 0.717) is 25.1 Å². The third kappa shape index (κ3) is 7.22. The molecule has 7 heteroatoms. The summed E-state index contributed by atoms with van der Waals surface area (Å²) in [6.45, 7) is 2.07. The average molecular weight is 250 g/mol. The van der Waals surface area contributed by atoms with E-state index in [9.17, 15) is 13.8 Å². The first-order valence-electron chi connectivity index (χ1n) is 5.04. The third-order valence-corrected chi connectivity index (χ3v) is 2.77. The van der Waals surface area contributed by atoms with Crippen LogP contribution in [-0.4, -0.2) is 45.9 Å². The van der Waals surface area contributed by atoms with E-state index < -0.39 is 28.8 Å². The van der Waals surface area contributed by atoms with Gasteiger partial charge in [-0.1, -0.05) is 6.92 Å². The van der Waals surface area contributed by atoms with Crippen LogP contribution in [-0.2, 0) is 15.6 Å². The Bertz CT molecular complexity index is 270. The molecule has 0 aromatic carbocycles. The first kappa shape index (κ1) is 14.9. The van der Waals surface area contributed by atoms with Crippen molar-refractivity contribution in [2.24, 2.45) is 0 Å². The summed E-state index contributed by atoms with van der Waals surface area (Å²) in [5, 5.41) is 13.5. The van der Waals surface area contributed by atoms with Crippen molar-refractivity contribution in [3.63, 3.8) is 0 Å². The molecule has 94 valence electrons. The summed E-state index contributed by atoms with van der Waals surface area (Å²) >= 11 is 0. The maximum atomic E-state index is 11.2. The Balaban J connectivity index is 3.73.